The lowest BCUT2D eigenvalue weighted by molar-refractivity contribution is 0.0527. The number of benzene rings is 2. The molecule has 26 heavy (non-hydrogen) atoms. The molecule has 130 valence electrons. The van der Waals surface area contributed by atoms with E-state index >= 15 is 0 Å². The average molecular weight is 347 g/mol. The maximum Gasteiger partial charge on any atom is 0.341 e. The number of hydrogen-bond donors (Lipinski definition) is 1. The fourth-order valence-electron chi connectivity index (χ4n) is 2.66. The van der Waals surface area contributed by atoms with Crippen molar-refractivity contribution in [2.45, 2.75) is 6.92 Å². The van der Waals surface area contributed by atoms with Crippen molar-refractivity contribution in [3.8, 4) is 11.8 Å². The van der Waals surface area contributed by atoms with E-state index in [1.54, 1.807) is 26.2 Å². The largest absolute Gasteiger partial charge is 0.497 e. The summed E-state index contributed by atoms with van der Waals surface area (Å²) in [5.41, 5.74) is 2.54. The van der Waals surface area contributed by atoms with Crippen LogP contribution >= 0.6 is 0 Å². The molecule has 0 fully saturated rings. The number of esters is 1. The number of anilines is 2. The second-order valence-electron chi connectivity index (χ2n) is 5.44. The van der Waals surface area contributed by atoms with E-state index < -0.39 is 5.97 Å². The van der Waals surface area contributed by atoms with Gasteiger partial charge in [-0.25, -0.2) is 4.79 Å². The second-order valence-corrected chi connectivity index (χ2v) is 5.44. The number of rotatable bonds is 5. The van der Waals surface area contributed by atoms with Crippen LogP contribution in [0.5, 0.6) is 5.75 Å². The number of pyridine rings is 1. The lowest BCUT2D eigenvalue weighted by Crippen LogP contribution is -2.09. The van der Waals surface area contributed by atoms with Crippen LogP contribution in [0.25, 0.3) is 10.9 Å². The minimum atomic E-state index is -0.477. The molecule has 3 rings (SSSR count). The Morgan fingerprint density at radius 2 is 2.08 bits per heavy atom. The molecule has 0 amide bonds. The number of fused-ring (bicyclic) bond motifs is 1. The SMILES string of the molecule is CCOC(=O)c1cnc2c(C#N)cccc2c1Nc1cccc(OC)c1. The van der Waals surface area contributed by atoms with Crippen molar-refractivity contribution in [3.63, 3.8) is 0 Å². The minimum absolute atomic E-state index is 0.258. The van der Waals surface area contributed by atoms with Crippen LogP contribution in [0.2, 0.25) is 0 Å². The molecule has 0 atom stereocenters. The normalized spacial score (nSPS) is 10.2. The van der Waals surface area contributed by atoms with E-state index in [9.17, 15) is 10.1 Å². The first-order valence-electron chi connectivity index (χ1n) is 8.08. The maximum atomic E-state index is 12.4. The zero-order chi connectivity index (χ0) is 18.5. The summed E-state index contributed by atoms with van der Waals surface area (Å²) in [6.45, 7) is 2.00. The molecule has 1 aromatic heterocycles. The molecule has 0 saturated carbocycles. The van der Waals surface area contributed by atoms with Crippen LogP contribution in [0.1, 0.15) is 22.8 Å². The van der Waals surface area contributed by atoms with E-state index in [-0.39, 0.29) is 6.61 Å². The minimum Gasteiger partial charge on any atom is -0.497 e. The van der Waals surface area contributed by atoms with Crippen LogP contribution in [-0.4, -0.2) is 24.7 Å². The molecule has 3 aromatic rings. The van der Waals surface area contributed by atoms with Gasteiger partial charge >= 0.3 is 5.97 Å². The molecule has 6 heteroatoms. The summed E-state index contributed by atoms with van der Waals surface area (Å²) in [6.07, 6.45) is 1.43. The quantitative estimate of drug-likeness (QED) is 0.701. The number of nitriles is 1. The van der Waals surface area contributed by atoms with E-state index in [0.717, 1.165) is 5.69 Å². The Morgan fingerprint density at radius 3 is 2.81 bits per heavy atom. The molecular formula is C20H17N3O3. The predicted octanol–water partition coefficient (Wildman–Crippen LogP) is 4.04. The van der Waals surface area contributed by atoms with Gasteiger partial charge in [0.25, 0.3) is 0 Å². The molecular weight excluding hydrogens is 330 g/mol. The van der Waals surface area contributed by atoms with Gasteiger partial charge in [-0.3, -0.25) is 4.98 Å². The Hall–Kier alpha value is -3.59. The number of carbonyl (C=O) groups excluding carboxylic acids is 1. The predicted molar refractivity (Wildman–Crippen MR) is 98.7 cm³/mol. The van der Waals surface area contributed by atoms with E-state index in [2.05, 4.69) is 16.4 Å². The Morgan fingerprint density at radius 1 is 1.27 bits per heavy atom. The summed E-state index contributed by atoms with van der Waals surface area (Å²) in [4.78, 5) is 16.7. The van der Waals surface area contributed by atoms with Crippen molar-refractivity contribution < 1.29 is 14.3 Å². The Labute approximate surface area is 151 Å². The van der Waals surface area contributed by atoms with Crippen LogP contribution < -0.4 is 10.1 Å². The number of nitrogens with one attached hydrogen (secondary N) is 1. The number of para-hydroxylation sites is 1. The van der Waals surface area contributed by atoms with Crippen LogP contribution in [0.4, 0.5) is 11.4 Å². The Bertz CT molecular complexity index is 1010. The van der Waals surface area contributed by atoms with Crippen LogP contribution in [0.15, 0.2) is 48.7 Å². The highest BCUT2D eigenvalue weighted by Gasteiger charge is 2.18. The Balaban J connectivity index is 2.19. The molecule has 0 aliphatic rings. The first kappa shape index (κ1) is 17.2. The van der Waals surface area contributed by atoms with Crippen molar-refractivity contribution in [2.75, 3.05) is 19.0 Å². The number of nitrogens with zero attached hydrogens (tertiary/aromatic N) is 2. The number of carbonyl (C=O) groups is 1. The summed E-state index contributed by atoms with van der Waals surface area (Å²) in [5, 5.41) is 13.2. The molecule has 0 unspecified atom stereocenters. The van der Waals surface area contributed by atoms with Crippen LogP contribution in [0, 0.1) is 11.3 Å². The zero-order valence-electron chi connectivity index (χ0n) is 14.4. The van der Waals surface area contributed by atoms with Crippen molar-refractivity contribution in [1.29, 1.82) is 5.26 Å². The number of ether oxygens (including phenoxy) is 2. The maximum absolute atomic E-state index is 12.4. The second kappa shape index (κ2) is 7.53. The van der Waals surface area contributed by atoms with E-state index in [1.807, 2.05) is 30.3 Å². The first-order valence-corrected chi connectivity index (χ1v) is 8.08. The third kappa shape index (κ3) is 3.28. The molecule has 6 nitrogen and oxygen atoms in total. The summed E-state index contributed by atoms with van der Waals surface area (Å²) >= 11 is 0. The summed E-state index contributed by atoms with van der Waals surface area (Å²) in [5.74, 6) is 0.207. The van der Waals surface area contributed by atoms with Crippen LogP contribution in [-0.2, 0) is 4.74 Å². The highest BCUT2D eigenvalue weighted by Crippen LogP contribution is 2.32. The zero-order valence-corrected chi connectivity index (χ0v) is 14.4. The van der Waals surface area contributed by atoms with Gasteiger partial charge in [0, 0.05) is 23.3 Å². The number of hydrogen-bond acceptors (Lipinski definition) is 6. The average Bonchev–Trinajstić information content (AvgIpc) is 2.68. The van der Waals surface area contributed by atoms with Gasteiger partial charge in [-0.1, -0.05) is 18.2 Å². The number of aromatic nitrogens is 1. The molecule has 0 radical (unpaired) electrons. The first-order chi connectivity index (χ1) is 12.7. The highest BCUT2D eigenvalue weighted by atomic mass is 16.5. The number of methoxy groups -OCH3 is 1. The van der Waals surface area contributed by atoms with Gasteiger partial charge in [-0.15, -0.1) is 0 Å². The fraction of sp³-hybridized carbons (Fsp3) is 0.150. The van der Waals surface area contributed by atoms with Gasteiger partial charge in [-0.2, -0.15) is 5.26 Å². The molecule has 0 bridgehead atoms. The van der Waals surface area contributed by atoms with Crippen molar-refractivity contribution >= 4 is 28.2 Å². The van der Waals surface area contributed by atoms with Gasteiger partial charge in [0.05, 0.1) is 30.5 Å². The smallest absolute Gasteiger partial charge is 0.341 e. The van der Waals surface area contributed by atoms with Gasteiger partial charge in [0.2, 0.25) is 0 Å². The van der Waals surface area contributed by atoms with Crippen molar-refractivity contribution in [2.24, 2.45) is 0 Å². The fourth-order valence-corrected chi connectivity index (χ4v) is 2.66. The molecule has 0 saturated heterocycles. The van der Waals surface area contributed by atoms with Gasteiger partial charge in [0.15, 0.2) is 0 Å². The Kier molecular flexibility index (Phi) is 4.99. The third-order valence-electron chi connectivity index (χ3n) is 3.85. The van der Waals surface area contributed by atoms with E-state index in [1.165, 1.54) is 6.20 Å². The van der Waals surface area contributed by atoms with E-state index in [4.69, 9.17) is 9.47 Å². The third-order valence-corrected chi connectivity index (χ3v) is 3.85. The molecule has 1 heterocycles. The summed E-state index contributed by atoms with van der Waals surface area (Å²) in [7, 11) is 1.59. The van der Waals surface area contributed by atoms with Gasteiger partial charge in [-0.05, 0) is 25.1 Å². The van der Waals surface area contributed by atoms with Gasteiger partial charge < -0.3 is 14.8 Å². The monoisotopic (exact) mass is 347 g/mol. The summed E-state index contributed by atoms with van der Waals surface area (Å²) < 4.78 is 10.4. The molecule has 2 aromatic carbocycles. The lowest BCUT2D eigenvalue weighted by atomic mass is 10.1. The van der Waals surface area contributed by atoms with Crippen molar-refractivity contribution in [3.05, 3.63) is 59.8 Å². The standard InChI is InChI=1S/C20H17N3O3/c1-3-26-20(24)17-12-22-18-13(11-21)6-4-9-16(18)19(17)23-14-7-5-8-15(10-14)25-2/h4-10,12H,3H2,1-2H3,(H,22,23). The highest BCUT2D eigenvalue weighted by molar-refractivity contribution is 6.07. The molecule has 0 spiro atoms. The molecule has 0 aliphatic carbocycles. The topological polar surface area (TPSA) is 84.2 Å². The molecule has 0 aliphatic heterocycles. The molecule has 1 N–H and O–H groups in total. The van der Waals surface area contributed by atoms with Crippen LogP contribution in [0.3, 0.4) is 0 Å². The van der Waals surface area contributed by atoms with E-state index in [0.29, 0.717) is 33.5 Å². The summed E-state index contributed by atoms with van der Waals surface area (Å²) in [6, 6.07) is 14.7. The van der Waals surface area contributed by atoms with Crippen molar-refractivity contribution in [1.82, 2.24) is 4.98 Å². The lowest BCUT2D eigenvalue weighted by Gasteiger charge is -2.15. The van der Waals surface area contributed by atoms with Gasteiger partial charge in [0.1, 0.15) is 17.4 Å².